The van der Waals surface area contributed by atoms with E-state index in [4.69, 9.17) is 4.74 Å². The Morgan fingerprint density at radius 1 is 1.10 bits per heavy atom. The molecular formula is C20H18FN3O4S. The highest BCUT2D eigenvalue weighted by molar-refractivity contribution is 7.92. The lowest BCUT2D eigenvalue weighted by Crippen LogP contribution is -2.38. The maximum atomic E-state index is 14.4. The van der Waals surface area contributed by atoms with E-state index in [1.807, 2.05) is 0 Å². The highest BCUT2D eigenvalue weighted by Crippen LogP contribution is 2.27. The van der Waals surface area contributed by atoms with Gasteiger partial charge in [0.15, 0.2) is 0 Å². The molecule has 0 aliphatic carbocycles. The van der Waals surface area contributed by atoms with Crippen LogP contribution in [0, 0.1) is 5.82 Å². The number of pyridine rings is 1. The van der Waals surface area contributed by atoms with Crippen molar-refractivity contribution >= 4 is 27.3 Å². The van der Waals surface area contributed by atoms with Gasteiger partial charge in [-0.05, 0) is 48.5 Å². The van der Waals surface area contributed by atoms with Crippen molar-refractivity contribution in [1.29, 1.82) is 0 Å². The summed E-state index contributed by atoms with van der Waals surface area (Å²) in [6.45, 7) is -0.621. The Morgan fingerprint density at radius 2 is 1.83 bits per heavy atom. The Bertz CT molecular complexity index is 1090. The van der Waals surface area contributed by atoms with Crippen LogP contribution in [0.25, 0.3) is 0 Å². The van der Waals surface area contributed by atoms with E-state index < -0.39 is 28.3 Å². The number of ether oxygens (including phenoxy) is 1. The van der Waals surface area contributed by atoms with Gasteiger partial charge in [-0.2, -0.15) is 0 Å². The third-order valence-electron chi connectivity index (χ3n) is 4.00. The smallest absolute Gasteiger partial charge is 0.264 e. The van der Waals surface area contributed by atoms with Crippen molar-refractivity contribution in [3.8, 4) is 5.75 Å². The number of amides is 1. The molecule has 2 aromatic carbocycles. The van der Waals surface area contributed by atoms with Crippen LogP contribution in [0.4, 0.5) is 15.8 Å². The average Bonchev–Trinajstić information content (AvgIpc) is 2.73. The van der Waals surface area contributed by atoms with Crippen LogP contribution in [-0.2, 0) is 14.8 Å². The van der Waals surface area contributed by atoms with Crippen LogP contribution in [0.2, 0.25) is 0 Å². The van der Waals surface area contributed by atoms with Gasteiger partial charge in [-0.1, -0.05) is 12.1 Å². The number of benzene rings is 2. The summed E-state index contributed by atoms with van der Waals surface area (Å²) < 4.78 is 46.6. The number of anilines is 2. The third kappa shape index (κ3) is 4.69. The summed E-state index contributed by atoms with van der Waals surface area (Å²) >= 11 is 0. The van der Waals surface area contributed by atoms with E-state index in [9.17, 15) is 17.6 Å². The van der Waals surface area contributed by atoms with Crippen molar-refractivity contribution in [2.24, 2.45) is 0 Å². The molecule has 150 valence electrons. The summed E-state index contributed by atoms with van der Waals surface area (Å²) in [7, 11) is -2.77. The van der Waals surface area contributed by atoms with Crippen molar-refractivity contribution in [1.82, 2.24) is 4.98 Å². The molecule has 1 amide bonds. The van der Waals surface area contributed by atoms with Crippen LogP contribution in [-0.4, -0.2) is 33.0 Å². The molecule has 0 aliphatic rings. The van der Waals surface area contributed by atoms with Gasteiger partial charge in [0.1, 0.15) is 18.1 Å². The third-order valence-corrected chi connectivity index (χ3v) is 5.78. The number of para-hydroxylation sites is 1. The lowest BCUT2D eigenvalue weighted by atomic mass is 10.3. The predicted molar refractivity (Wildman–Crippen MR) is 107 cm³/mol. The number of sulfonamides is 1. The molecule has 1 heterocycles. The summed E-state index contributed by atoms with van der Waals surface area (Å²) in [5.74, 6) is -0.937. The monoisotopic (exact) mass is 415 g/mol. The van der Waals surface area contributed by atoms with Crippen LogP contribution >= 0.6 is 0 Å². The highest BCUT2D eigenvalue weighted by atomic mass is 32.2. The molecule has 7 nitrogen and oxygen atoms in total. The van der Waals surface area contributed by atoms with E-state index in [-0.39, 0.29) is 10.6 Å². The zero-order chi connectivity index (χ0) is 20.9. The van der Waals surface area contributed by atoms with Gasteiger partial charge in [0.25, 0.3) is 10.0 Å². The molecular weight excluding hydrogens is 397 g/mol. The molecule has 1 N–H and O–H groups in total. The van der Waals surface area contributed by atoms with Gasteiger partial charge in [0, 0.05) is 6.20 Å². The summed E-state index contributed by atoms with van der Waals surface area (Å²) in [5.41, 5.74) is 0.164. The first-order valence-electron chi connectivity index (χ1n) is 8.53. The Balaban J connectivity index is 1.96. The van der Waals surface area contributed by atoms with Crippen LogP contribution in [0.1, 0.15) is 0 Å². The first kappa shape index (κ1) is 20.3. The van der Waals surface area contributed by atoms with E-state index in [1.165, 1.54) is 62.0 Å². The first-order valence-corrected chi connectivity index (χ1v) is 9.97. The van der Waals surface area contributed by atoms with Crippen molar-refractivity contribution in [3.05, 3.63) is 78.9 Å². The summed E-state index contributed by atoms with van der Waals surface area (Å²) in [6.07, 6.45) is 2.96. The second-order valence-corrected chi connectivity index (χ2v) is 7.79. The molecule has 0 radical (unpaired) electrons. The van der Waals surface area contributed by atoms with Crippen molar-refractivity contribution < 1.29 is 22.3 Å². The number of carbonyl (C=O) groups is 1. The van der Waals surface area contributed by atoms with Gasteiger partial charge in [0.05, 0.1) is 29.6 Å². The molecule has 0 aliphatic heterocycles. The molecule has 0 bridgehead atoms. The number of carbonyl (C=O) groups excluding carboxylic acids is 1. The molecule has 3 rings (SSSR count). The van der Waals surface area contributed by atoms with Gasteiger partial charge >= 0.3 is 0 Å². The van der Waals surface area contributed by atoms with Crippen LogP contribution in [0.15, 0.2) is 78.0 Å². The Kier molecular flexibility index (Phi) is 6.08. The zero-order valence-corrected chi connectivity index (χ0v) is 16.3. The van der Waals surface area contributed by atoms with E-state index in [0.29, 0.717) is 11.4 Å². The standard InChI is InChI=1S/C20H18FN3O4S/c1-28-16-8-10-17(11-9-16)29(26,27)24(19-7-3-2-6-18(19)21)14-20(25)23-15-5-4-12-22-13-15/h2-13H,14H2,1H3,(H,23,25). The minimum Gasteiger partial charge on any atom is -0.497 e. The van der Waals surface area contributed by atoms with Gasteiger partial charge in [-0.15, -0.1) is 0 Å². The van der Waals surface area contributed by atoms with Crippen LogP contribution in [0.5, 0.6) is 5.75 Å². The fourth-order valence-corrected chi connectivity index (χ4v) is 4.02. The summed E-state index contributed by atoms with van der Waals surface area (Å²) in [4.78, 5) is 16.3. The Hall–Kier alpha value is -3.46. The molecule has 29 heavy (non-hydrogen) atoms. The number of hydrogen-bond donors (Lipinski definition) is 1. The van der Waals surface area contributed by atoms with Gasteiger partial charge in [-0.3, -0.25) is 14.1 Å². The maximum Gasteiger partial charge on any atom is 0.264 e. The second kappa shape index (κ2) is 8.70. The fourth-order valence-electron chi connectivity index (χ4n) is 2.60. The van der Waals surface area contributed by atoms with E-state index in [1.54, 1.807) is 12.1 Å². The van der Waals surface area contributed by atoms with E-state index >= 15 is 0 Å². The fraction of sp³-hybridized carbons (Fsp3) is 0.100. The Labute approximate surface area is 167 Å². The maximum absolute atomic E-state index is 14.4. The molecule has 0 fully saturated rings. The average molecular weight is 415 g/mol. The SMILES string of the molecule is COc1ccc(S(=O)(=O)N(CC(=O)Nc2cccnc2)c2ccccc2F)cc1. The number of halogens is 1. The normalized spacial score (nSPS) is 11.0. The quantitative estimate of drug-likeness (QED) is 0.641. The topological polar surface area (TPSA) is 88.6 Å². The second-order valence-electron chi connectivity index (χ2n) is 5.93. The first-order chi connectivity index (χ1) is 13.9. The van der Waals surface area contributed by atoms with Crippen molar-refractivity contribution in [3.63, 3.8) is 0 Å². The molecule has 0 saturated carbocycles. The van der Waals surface area contributed by atoms with Crippen LogP contribution < -0.4 is 14.4 Å². The minimum atomic E-state index is -4.23. The summed E-state index contributed by atoms with van der Waals surface area (Å²) in [6, 6.07) is 14.2. The van der Waals surface area contributed by atoms with Crippen molar-refractivity contribution in [2.45, 2.75) is 4.90 Å². The number of rotatable bonds is 7. The number of nitrogens with one attached hydrogen (secondary N) is 1. The molecule has 0 spiro atoms. The lowest BCUT2D eigenvalue weighted by Gasteiger charge is -2.24. The largest absolute Gasteiger partial charge is 0.497 e. The molecule has 3 aromatic rings. The molecule has 1 aromatic heterocycles. The predicted octanol–water partition coefficient (Wildman–Crippen LogP) is 3.06. The minimum absolute atomic E-state index is 0.101. The van der Waals surface area contributed by atoms with Gasteiger partial charge in [0.2, 0.25) is 5.91 Å². The molecule has 0 saturated heterocycles. The number of methoxy groups -OCH3 is 1. The molecule has 9 heteroatoms. The van der Waals surface area contributed by atoms with Gasteiger partial charge < -0.3 is 10.1 Å². The summed E-state index contributed by atoms with van der Waals surface area (Å²) in [5, 5.41) is 2.55. The van der Waals surface area contributed by atoms with Crippen LogP contribution in [0.3, 0.4) is 0 Å². The zero-order valence-electron chi connectivity index (χ0n) is 15.4. The molecule has 0 unspecified atom stereocenters. The van der Waals surface area contributed by atoms with Crippen molar-refractivity contribution in [2.75, 3.05) is 23.3 Å². The van der Waals surface area contributed by atoms with E-state index in [2.05, 4.69) is 10.3 Å². The van der Waals surface area contributed by atoms with E-state index in [0.717, 1.165) is 10.4 Å². The Morgan fingerprint density at radius 3 is 2.45 bits per heavy atom. The van der Waals surface area contributed by atoms with Gasteiger partial charge in [-0.25, -0.2) is 12.8 Å². The molecule has 0 atom stereocenters. The lowest BCUT2D eigenvalue weighted by molar-refractivity contribution is -0.114. The number of hydrogen-bond acceptors (Lipinski definition) is 5. The highest BCUT2D eigenvalue weighted by Gasteiger charge is 2.29. The number of aromatic nitrogens is 1. The number of nitrogens with zero attached hydrogens (tertiary/aromatic N) is 2.